The second-order valence-electron chi connectivity index (χ2n) is 3.49. The minimum Gasteiger partial charge on any atom is -0.372 e. The van der Waals surface area contributed by atoms with E-state index >= 15 is 0 Å². The van der Waals surface area contributed by atoms with Crippen molar-refractivity contribution in [3.05, 3.63) is 16.1 Å². The highest BCUT2D eigenvalue weighted by atomic mass is 35.5. The van der Waals surface area contributed by atoms with Crippen LogP contribution in [0.25, 0.3) is 0 Å². The molecule has 0 spiro atoms. The zero-order valence-electron chi connectivity index (χ0n) is 9.94. The summed E-state index contributed by atoms with van der Waals surface area (Å²) in [6, 6.07) is 1.49. The smallest absolute Gasteiger partial charge is 0.372 e. The Balaban J connectivity index is 2.45. The summed E-state index contributed by atoms with van der Waals surface area (Å²) in [6.07, 6.45) is -4.32. The first-order chi connectivity index (χ1) is 8.83. The molecule has 0 saturated carbocycles. The van der Waals surface area contributed by atoms with Crippen LogP contribution in [0.3, 0.4) is 0 Å². The monoisotopic (exact) mass is 317 g/mol. The average molecular weight is 318 g/mol. The standard InChI is InChI=1S/C10H12Cl2F3N3O/c1-16-8-6(11)4-7(12)9(18-8)17-2-3-19-5-10(13,14)15/h4H,2-3,5H2,1H3,(H2,16,17,18). The molecule has 1 aromatic rings. The highest BCUT2D eigenvalue weighted by molar-refractivity contribution is 6.37. The SMILES string of the molecule is CNc1nc(NCCOCC(F)(F)F)c(Cl)cc1Cl. The number of rotatable bonds is 6. The van der Waals surface area contributed by atoms with E-state index in [-0.39, 0.29) is 18.2 Å². The van der Waals surface area contributed by atoms with E-state index in [0.717, 1.165) is 0 Å². The van der Waals surface area contributed by atoms with E-state index in [9.17, 15) is 13.2 Å². The molecule has 0 aromatic carbocycles. The number of halogens is 5. The minimum absolute atomic E-state index is 0.116. The van der Waals surface area contributed by atoms with E-state index < -0.39 is 12.8 Å². The molecule has 0 atom stereocenters. The summed E-state index contributed by atoms with van der Waals surface area (Å²) in [5.74, 6) is 0.746. The van der Waals surface area contributed by atoms with Crippen LogP contribution in [0.2, 0.25) is 10.0 Å². The molecule has 1 aromatic heterocycles. The van der Waals surface area contributed by atoms with Crippen LogP contribution in [0, 0.1) is 0 Å². The van der Waals surface area contributed by atoms with Gasteiger partial charge in [-0.2, -0.15) is 13.2 Å². The number of pyridine rings is 1. The van der Waals surface area contributed by atoms with Crippen molar-refractivity contribution in [2.45, 2.75) is 6.18 Å². The van der Waals surface area contributed by atoms with Crippen LogP contribution in [-0.2, 0) is 4.74 Å². The second-order valence-corrected chi connectivity index (χ2v) is 4.31. The number of nitrogens with one attached hydrogen (secondary N) is 2. The predicted molar refractivity (Wildman–Crippen MR) is 69.2 cm³/mol. The Morgan fingerprint density at radius 3 is 2.47 bits per heavy atom. The summed E-state index contributed by atoms with van der Waals surface area (Å²) in [4.78, 5) is 4.07. The summed E-state index contributed by atoms with van der Waals surface area (Å²) >= 11 is 11.7. The Bertz CT molecular complexity index is 429. The van der Waals surface area contributed by atoms with Crippen LogP contribution in [0.15, 0.2) is 6.07 Å². The first kappa shape index (κ1) is 16.1. The highest BCUT2D eigenvalue weighted by Crippen LogP contribution is 2.28. The quantitative estimate of drug-likeness (QED) is 0.789. The van der Waals surface area contributed by atoms with Crippen LogP contribution in [0.4, 0.5) is 24.8 Å². The molecule has 108 valence electrons. The Hall–Kier alpha value is -0.920. The van der Waals surface area contributed by atoms with Crippen molar-refractivity contribution in [3.63, 3.8) is 0 Å². The molecule has 0 radical (unpaired) electrons. The summed E-state index contributed by atoms with van der Waals surface area (Å²) in [7, 11) is 1.64. The summed E-state index contributed by atoms with van der Waals surface area (Å²) in [6.45, 7) is -1.25. The third kappa shape index (κ3) is 5.71. The third-order valence-electron chi connectivity index (χ3n) is 1.97. The molecule has 0 amide bonds. The van der Waals surface area contributed by atoms with Gasteiger partial charge >= 0.3 is 6.18 Å². The van der Waals surface area contributed by atoms with Crippen molar-refractivity contribution in [2.75, 3.05) is 37.4 Å². The molecule has 0 aliphatic heterocycles. The van der Waals surface area contributed by atoms with Gasteiger partial charge in [0, 0.05) is 13.6 Å². The number of alkyl halides is 3. The van der Waals surface area contributed by atoms with E-state index in [1.807, 2.05) is 0 Å². The fourth-order valence-electron chi connectivity index (χ4n) is 1.20. The number of aromatic nitrogens is 1. The van der Waals surface area contributed by atoms with Gasteiger partial charge in [0.05, 0.1) is 16.7 Å². The number of ether oxygens (including phenoxy) is 1. The van der Waals surface area contributed by atoms with Gasteiger partial charge in [0.2, 0.25) is 0 Å². The van der Waals surface area contributed by atoms with E-state index in [2.05, 4.69) is 20.4 Å². The van der Waals surface area contributed by atoms with Gasteiger partial charge in [0.15, 0.2) is 0 Å². The summed E-state index contributed by atoms with van der Waals surface area (Å²) < 4.78 is 39.9. The average Bonchev–Trinajstić information content (AvgIpc) is 2.29. The molecule has 0 aliphatic rings. The molecule has 0 aliphatic carbocycles. The molecule has 2 N–H and O–H groups in total. The van der Waals surface area contributed by atoms with Crippen LogP contribution in [0.1, 0.15) is 0 Å². The summed E-state index contributed by atoms with van der Waals surface area (Å²) in [5.41, 5.74) is 0. The van der Waals surface area contributed by atoms with E-state index in [4.69, 9.17) is 23.2 Å². The fraction of sp³-hybridized carbons (Fsp3) is 0.500. The van der Waals surface area contributed by atoms with Crippen molar-refractivity contribution in [3.8, 4) is 0 Å². The van der Waals surface area contributed by atoms with Crippen molar-refractivity contribution in [1.82, 2.24) is 4.98 Å². The third-order valence-corrected chi connectivity index (χ3v) is 2.55. The molecule has 1 heterocycles. The summed E-state index contributed by atoms with van der Waals surface area (Å²) in [5, 5.41) is 6.16. The van der Waals surface area contributed by atoms with Gasteiger partial charge in [-0.3, -0.25) is 0 Å². The first-order valence-corrected chi connectivity index (χ1v) is 6.01. The maximum atomic E-state index is 11.8. The second kappa shape index (κ2) is 7.02. The molecular formula is C10H12Cl2F3N3O. The van der Waals surface area contributed by atoms with Crippen molar-refractivity contribution >= 4 is 34.8 Å². The van der Waals surface area contributed by atoms with Crippen LogP contribution in [0.5, 0.6) is 0 Å². The minimum atomic E-state index is -4.32. The lowest BCUT2D eigenvalue weighted by Gasteiger charge is -2.11. The number of nitrogens with zero attached hydrogens (tertiary/aromatic N) is 1. The number of anilines is 2. The molecule has 0 unspecified atom stereocenters. The molecule has 4 nitrogen and oxygen atoms in total. The zero-order chi connectivity index (χ0) is 14.5. The fourth-order valence-corrected chi connectivity index (χ4v) is 1.72. The first-order valence-electron chi connectivity index (χ1n) is 5.25. The van der Waals surface area contributed by atoms with Gasteiger partial charge in [0.25, 0.3) is 0 Å². The zero-order valence-corrected chi connectivity index (χ0v) is 11.5. The molecule has 0 bridgehead atoms. The Morgan fingerprint density at radius 1 is 1.26 bits per heavy atom. The van der Waals surface area contributed by atoms with Gasteiger partial charge in [-0.05, 0) is 6.07 Å². The predicted octanol–water partition coefficient (Wildman–Crippen LogP) is 3.42. The van der Waals surface area contributed by atoms with Gasteiger partial charge < -0.3 is 15.4 Å². The topological polar surface area (TPSA) is 46.2 Å². The molecule has 0 saturated heterocycles. The molecule has 19 heavy (non-hydrogen) atoms. The Morgan fingerprint density at radius 2 is 1.89 bits per heavy atom. The largest absolute Gasteiger partial charge is 0.411 e. The molecular weight excluding hydrogens is 306 g/mol. The molecule has 9 heteroatoms. The van der Waals surface area contributed by atoms with Crippen molar-refractivity contribution in [2.24, 2.45) is 0 Å². The lowest BCUT2D eigenvalue weighted by atomic mass is 10.4. The highest BCUT2D eigenvalue weighted by Gasteiger charge is 2.27. The van der Waals surface area contributed by atoms with Crippen molar-refractivity contribution in [1.29, 1.82) is 0 Å². The number of hydrogen-bond acceptors (Lipinski definition) is 4. The van der Waals surface area contributed by atoms with Gasteiger partial charge in [-0.25, -0.2) is 4.98 Å². The Labute approximate surface area is 118 Å². The van der Waals surface area contributed by atoms with E-state index in [0.29, 0.717) is 16.7 Å². The van der Waals surface area contributed by atoms with Crippen LogP contribution < -0.4 is 10.6 Å². The maximum Gasteiger partial charge on any atom is 0.411 e. The number of hydrogen-bond donors (Lipinski definition) is 2. The van der Waals surface area contributed by atoms with Crippen molar-refractivity contribution < 1.29 is 17.9 Å². The van der Waals surface area contributed by atoms with Crippen LogP contribution in [-0.4, -0.2) is 38.0 Å². The van der Waals surface area contributed by atoms with Crippen LogP contribution >= 0.6 is 23.2 Å². The lowest BCUT2D eigenvalue weighted by Crippen LogP contribution is -2.20. The van der Waals surface area contributed by atoms with Gasteiger partial charge in [-0.1, -0.05) is 23.2 Å². The van der Waals surface area contributed by atoms with Gasteiger partial charge in [0.1, 0.15) is 18.2 Å². The van der Waals surface area contributed by atoms with E-state index in [1.165, 1.54) is 6.07 Å². The normalized spacial score (nSPS) is 11.5. The maximum absolute atomic E-state index is 11.8. The molecule has 1 rings (SSSR count). The molecule has 0 fully saturated rings. The Kier molecular flexibility index (Phi) is 5.96. The van der Waals surface area contributed by atoms with Gasteiger partial charge in [-0.15, -0.1) is 0 Å². The van der Waals surface area contributed by atoms with E-state index in [1.54, 1.807) is 7.05 Å². The lowest BCUT2D eigenvalue weighted by molar-refractivity contribution is -0.172.